The minimum absolute atomic E-state index is 0.0666. The molecule has 0 spiro atoms. The van der Waals surface area contributed by atoms with E-state index in [2.05, 4.69) is 87.4 Å². The summed E-state index contributed by atoms with van der Waals surface area (Å²) in [7, 11) is 2.06. The zero-order chi connectivity index (χ0) is 19.6. The quantitative estimate of drug-likeness (QED) is 0.735. The first-order valence-electron chi connectivity index (χ1n) is 10.1. The van der Waals surface area contributed by atoms with E-state index in [0.717, 1.165) is 18.5 Å². The van der Waals surface area contributed by atoms with Gasteiger partial charge in [-0.2, -0.15) is 0 Å². The first-order valence-corrected chi connectivity index (χ1v) is 10.1. The molecule has 0 aromatic heterocycles. The van der Waals surface area contributed by atoms with Crippen LogP contribution >= 0.6 is 0 Å². The van der Waals surface area contributed by atoms with E-state index < -0.39 is 0 Å². The summed E-state index contributed by atoms with van der Waals surface area (Å²) in [6.07, 6.45) is 2.18. The highest BCUT2D eigenvalue weighted by atomic mass is 16.2. The Hall–Kier alpha value is -2.13. The van der Waals surface area contributed by atoms with Crippen molar-refractivity contribution in [3.63, 3.8) is 0 Å². The summed E-state index contributed by atoms with van der Waals surface area (Å²) in [4.78, 5) is 15.1. The highest BCUT2D eigenvalue weighted by Crippen LogP contribution is 2.35. The van der Waals surface area contributed by atoms with Gasteiger partial charge in [-0.3, -0.25) is 9.69 Å². The standard InChI is InChI=1S/C24H32N2O/c1-16(2)19-11-8-12-20(17(3)4)24(19)25-23(27)15-26(5)22-14-13-18-9-6-7-10-21(18)22/h6-12,16-17,22H,13-15H2,1-5H3,(H,25,27). The molecule has 2 aromatic carbocycles. The smallest absolute Gasteiger partial charge is 0.238 e. The van der Waals surface area contributed by atoms with Crippen molar-refractivity contribution in [1.29, 1.82) is 0 Å². The molecular formula is C24H32N2O. The van der Waals surface area contributed by atoms with Crippen molar-refractivity contribution in [3.05, 3.63) is 64.7 Å². The fourth-order valence-electron chi connectivity index (χ4n) is 4.20. The molecule has 1 aliphatic rings. The molecule has 2 aromatic rings. The van der Waals surface area contributed by atoms with Gasteiger partial charge in [-0.05, 0) is 54.0 Å². The number of benzene rings is 2. The number of likely N-dealkylation sites (N-methyl/N-ethyl adjacent to an activating group) is 1. The molecule has 27 heavy (non-hydrogen) atoms. The van der Waals surface area contributed by atoms with Crippen molar-refractivity contribution < 1.29 is 4.79 Å². The minimum atomic E-state index is 0.0666. The lowest BCUT2D eigenvalue weighted by atomic mass is 9.92. The van der Waals surface area contributed by atoms with Gasteiger partial charge in [0.15, 0.2) is 0 Å². The lowest BCUT2D eigenvalue weighted by molar-refractivity contribution is -0.117. The number of carbonyl (C=O) groups excluding carboxylic acids is 1. The molecule has 1 N–H and O–H groups in total. The van der Waals surface area contributed by atoms with Crippen molar-refractivity contribution in [2.75, 3.05) is 18.9 Å². The van der Waals surface area contributed by atoms with Crippen LogP contribution < -0.4 is 5.32 Å². The maximum atomic E-state index is 12.9. The van der Waals surface area contributed by atoms with E-state index in [1.807, 2.05) is 0 Å². The largest absolute Gasteiger partial charge is 0.324 e. The highest BCUT2D eigenvalue weighted by Gasteiger charge is 2.27. The third-order valence-electron chi connectivity index (χ3n) is 5.66. The van der Waals surface area contributed by atoms with Gasteiger partial charge >= 0.3 is 0 Å². The number of nitrogens with one attached hydrogen (secondary N) is 1. The van der Waals surface area contributed by atoms with Crippen LogP contribution in [0.1, 0.15) is 74.2 Å². The van der Waals surface area contributed by atoms with Gasteiger partial charge in [-0.1, -0.05) is 70.2 Å². The van der Waals surface area contributed by atoms with Gasteiger partial charge in [-0.15, -0.1) is 0 Å². The fraction of sp³-hybridized carbons (Fsp3) is 0.458. The molecular weight excluding hydrogens is 332 g/mol. The summed E-state index contributed by atoms with van der Waals surface area (Å²) in [5, 5.41) is 3.24. The van der Waals surface area contributed by atoms with Gasteiger partial charge < -0.3 is 5.32 Å². The maximum Gasteiger partial charge on any atom is 0.238 e. The number of rotatable bonds is 6. The van der Waals surface area contributed by atoms with Gasteiger partial charge in [0.25, 0.3) is 0 Å². The van der Waals surface area contributed by atoms with Crippen molar-refractivity contribution in [2.24, 2.45) is 0 Å². The van der Waals surface area contributed by atoms with Crippen LogP contribution in [0.15, 0.2) is 42.5 Å². The monoisotopic (exact) mass is 364 g/mol. The number of amides is 1. The van der Waals surface area contributed by atoms with E-state index in [4.69, 9.17) is 0 Å². The molecule has 1 amide bonds. The second kappa shape index (κ2) is 8.26. The molecule has 1 unspecified atom stereocenters. The molecule has 0 saturated heterocycles. The second-order valence-corrected chi connectivity index (χ2v) is 8.34. The lowest BCUT2D eigenvalue weighted by Crippen LogP contribution is -2.33. The number of carbonyl (C=O) groups is 1. The Morgan fingerprint density at radius 3 is 2.30 bits per heavy atom. The van der Waals surface area contributed by atoms with Crippen LogP contribution in [0.25, 0.3) is 0 Å². The summed E-state index contributed by atoms with van der Waals surface area (Å²) < 4.78 is 0. The number of nitrogens with zero attached hydrogens (tertiary/aromatic N) is 1. The van der Waals surface area contributed by atoms with Gasteiger partial charge in [0.1, 0.15) is 0 Å². The van der Waals surface area contributed by atoms with Crippen molar-refractivity contribution in [3.8, 4) is 0 Å². The van der Waals surface area contributed by atoms with E-state index in [-0.39, 0.29) is 5.91 Å². The lowest BCUT2D eigenvalue weighted by Gasteiger charge is -2.26. The molecule has 3 rings (SSSR count). The number of aryl methyl sites for hydroxylation is 1. The molecule has 0 aliphatic heterocycles. The SMILES string of the molecule is CC(C)c1cccc(C(C)C)c1NC(=O)CN(C)C1CCc2ccccc21. The topological polar surface area (TPSA) is 32.3 Å². The number of hydrogen-bond acceptors (Lipinski definition) is 2. The summed E-state index contributed by atoms with van der Waals surface area (Å²) in [5.41, 5.74) is 6.22. The Balaban J connectivity index is 1.75. The Bertz CT molecular complexity index is 784. The van der Waals surface area contributed by atoms with Crippen LogP contribution in [-0.4, -0.2) is 24.4 Å². The van der Waals surface area contributed by atoms with Crippen molar-refractivity contribution in [2.45, 2.75) is 58.4 Å². The number of fused-ring (bicyclic) bond motifs is 1. The van der Waals surface area contributed by atoms with Crippen LogP contribution in [0.3, 0.4) is 0 Å². The van der Waals surface area contributed by atoms with E-state index in [9.17, 15) is 4.79 Å². The van der Waals surface area contributed by atoms with Crippen LogP contribution in [0.4, 0.5) is 5.69 Å². The molecule has 1 aliphatic carbocycles. The van der Waals surface area contributed by atoms with E-state index >= 15 is 0 Å². The third kappa shape index (κ3) is 4.24. The summed E-state index contributed by atoms with van der Waals surface area (Å²) >= 11 is 0. The zero-order valence-electron chi connectivity index (χ0n) is 17.3. The van der Waals surface area contributed by atoms with Crippen molar-refractivity contribution >= 4 is 11.6 Å². The third-order valence-corrected chi connectivity index (χ3v) is 5.66. The van der Waals surface area contributed by atoms with Crippen LogP contribution in [0.2, 0.25) is 0 Å². The average molecular weight is 365 g/mol. The average Bonchev–Trinajstić information content (AvgIpc) is 3.05. The number of hydrogen-bond donors (Lipinski definition) is 1. The predicted octanol–water partition coefficient (Wildman–Crippen LogP) is 5.49. The van der Waals surface area contributed by atoms with Crippen LogP contribution in [-0.2, 0) is 11.2 Å². The fourth-order valence-corrected chi connectivity index (χ4v) is 4.20. The molecule has 0 fully saturated rings. The molecule has 0 radical (unpaired) electrons. The first kappa shape index (κ1) is 19.6. The summed E-state index contributed by atoms with van der Waals surface area (Å²) in [6, 6.07) is 15.3. The van der Waals surface area contributed by atoms with Gasteiger partial charge in [0.2, 0.25) is 5.91 Å². The first-order chi connectivity index (χ1) is 12.9. The second-order valence-electron chi connectivity index (χ2n) is 8.34. The predicted molar refractivity (Wildman–Crippen MR) is 113 cm³/mol. The molecule has 0 bridgehead atoms. The van der Waals surface area contributed by atoms with Crippen LogP contribution in [0.5, 0.6) is 0 Å². The molecule has 0 saturated carbocycles. The van der Waals surface area contributed by atoms with Gasteiger partial charge in [0, 0.05) is 11.7 Å². The number of anilines is 1. The van der Waals surface area contributed by atoms with E-state index in [1.54, 1.807) is 0 Å². The molecule has 144 valence electrons. The molecule has 3 nitrogen and oxygen atoms in total. The molecule has 1 atom stereocenters. The zero-order valence-corrected chi connectivity index (χ0v) is 17.3. The molecule has 3 heteroatoms. The van der Waals surface area contributed by atoms with Crippen LogP contribution in [0, 0.1) is 0 Å². The number of para-hydroxylation sites is 1. The van der Waals surface area contributed by atoms with Crippen molar-refractivity contribution in [1.82, 2.24) is 4.90 Å². The van der Waals surface area contributed by atoms with E-state index in [1.165, 1.54) is 22.3 Å². The Labute approximate surface area is 163 Å². The Morgan fingerprint density at radius 2 is 1.67 bits per heavy atom. The Morgan fingerprint density at radius 1 is 1.04 bits per heavy atom. The summed E-state index contributed by atoms with van der Waals surface area (Å²) in [5.74, 6) is 0.814. The Kier molecular flexibility index (Phi) is 6.01. The van der Waals surface area contributed by atoms with Gasteiger partial charge in [-0.25, -0.2) is 0 Å². The summed E-state index contributed by atoms with van der Waals surface area (Å²) in [6.45, 7) is 9.11. The van der Waals surface area contributed by atoms with Gasteiger partial charge in [0.05, 0.1) is 6.54 Å². The highest BCUT2D eigenvalue weighted by molar-refractivity contribution is 5.94. The normalized spacial score (nSPS) is 16.2. The van der Waals surface area contributed by atoms with E-state index in [0.29, 0.717) is 24.4 Å². The maximum absolute atomic E-state index is 12.9. The minimum Gasteiger partial charge on any atom is -0.324 e. The molecule has 0 heterocycles.